The highest BCUT2D eigenvalue weighted by molar-refractivity contribution is 6.07. The number of carboxylic acid groups (broad SMARTS) is 1. The van der Waals surface area contributed by atoms with Crippen molar-refractivity contribution in [3.8, 4) is 0 Å². The summed E-state index contributed by atoms with van der Waals surface area (Å²) in [7, 11) is 3.88. The van der Waals surface area contributed by atoms with Gasteiger partial charge in [-0.3, -0.25) is 9.59 Å². The predicted octanol–water partition coefficient (Wildman–Crippen LogP) is 1.19. The van der Waals surface area contributed by atoms with E-state index >= 15 is 0 Å². The van der Waals surface area contributed by atoms with Gasteiger partial charge in [0.05, 0.1) is 0 Å². The van der Waals surface area contributed by atoms with Crippen LogP contribution in [0.4, 0.5) is 11.4 Å². The normalized spacial score (nSPS) is 19.1. The van der Waals surface area contributed by atoms with Crippen LogP contribution in [0.15, 0.2) is 24.3 Å². The van der Waals surface area contributed by atoms with Gasteiger partial charge in [-0.2, -0.15) is 0 Å². The Morgan fingerprint density at radius 2 is 1.94 bits per heavy atom. The quantitative estimate of drug-likeness (QED) is 0.816. The minimum atomic E-state index is -1.03. The van der Waals surface area contributed by atoms with E-state index in [-0.39, 0.29) is 5.91 Å². The maximum atomic E-state index is 11.9. The lowest BCUT2D eigenvalue weighted by Crippen LogP contribution is -2.30. The number of benzene rings is 1. The molecule has 1 saturated heterocycles. The molecule has 1 amide bonds. The van der Waals surface area contributed by atoms with Crippen LogP contribution in [0.2, 0.25) is 0 Å². The Hall–Kier alpha value is -2.04. The Morgan fingerprint density at radius 1 is 1.33 bits per heavy atom. The summed E-state index contributed by atoms with van der Waals surface area (Å²) in [5, 5.41) is 8.91. The molecule has 96 valence electrons. The second kappa shape index (κ2) is 4.68. The van der Waals surface area contributed by atoms with Crippen LogP contribution < -0.4 is 9.80 Å². The van der Waals surface area contributed by atoms with Crippen LogP contribution >= 0.6 is 0 Å². The molecule has 1 fully saturated rings. The third-order valence-electron chi connectivity index (χ3n) is 3.18. The lowest BCUT2D eigenvalue weighted by molar-refractivity contribution is -0.144. The summed E-state index contributed by atoms with van der Waals surface area (Å²) in [6.07, 6.45) is 0.379. The van der Waals surface area contributed by atoms with Crippen LogP contribution in [-0.4, -0.2) is 37.6 Å². The second-order valence-corrected chi connectivity index (χ2v) is 4.58. The highest BCUT2D eigenvalue weighted by Crippen LogP contribution is 2.26. The molecule has 1 unspecified atom stereocenters. The number of rotatable bonds is 3. The van der Waals surface area contributed by atoms with Gasteiger partial charge in [-0.15, -0.1) is 0 Å². The fourth-order valence-electron chi connectivity index (χ4n) is 2.10. The molecule has 1 aromatic rings. The molecule has 0 aromatic heterocycles. The average Bonchev–Trinajstić information content (AvgIpc) is 2.71. The van der Waals surface area contributed by atoms with Gasteiger partial charge in [0, 0.05) is 32.0 Å². The SMILES string of the molecule is CN(C)c1ccc(N2CCC(C(=O)O)C2=O)cc1. The van der Waals surface area contributed by atoms with Gasteiger partial charge in [-0.1, -0.05) is 0 Å². The molecule has 18 heavy (non-hydrogen) atoms. The number of nitrogens with zero attached hydrogens (tertiary/aromatic N) is 2. The minimum absolute atomic E-state index is 0.319. The van der Waals surface area contributed by atoms with Gasteiger partial charge in [-0.25, -0.2) is 0 Å². The summed E-state index contributed by atoms with van der Waals surface area (Å²) in [4.78, 5) is 26.3. The molecule has 0 bridgehead atoms. The number of hydrogen-bond acceptors (Lipinski definition) is 3. The van der Waals surface area contributed by atoms with E-state index in [4.69, 9.17) is 5.11 Å². The minimum Gasteiger partial charge on any atom is -0.481 e. The first-order chi connectivity index (χ1) is 8.50. The molecular weight excluding hydrogens is 232 g/mol. The molecule has 1 heterocycles. The summed E-state index contributed by atoms with van der Waals surface area (Å²) < 4.78 is 0. The van der Waals surface area contributed by atoms with E-state index in [2.05, 4.69) is 0 Å². The van der Waals surface area contributed by atoms with E-state index in [0.29, 0.717) is 13.0 Å². The number of anilines is 2. The number of amides is 1. The van der Waals surface area contributed by atoms with E-state index in [1.54, 1.807) is 0 Å². The summed E-state index contributed by atoms with van der Waals surface area (Å²) >= 11 is 0. The summed E-state index contributed by atoms with van der Waals surface area (Å²) in [6, 6.07) is 7.52. The summed E-state index contributed by atoms with van der Waals surface area (Å²) in [5.41, 5.74) is 1.80. The first kappa shape index (κ1) is 12.4. The molecule has 0 spiro atoms. The smallest absolute Gasteiger partial charge is 0.316 e. The fourth-order valence-corrected chi connectivity index (χ4v) is 2.10. The standard InChI is InChI=1S/C13H16N2O3/c1-14(2)9-3-5-10(6-4-9)15-8-7-11(12(15)16)13(17)18/h3-6,11H,7-8H2,1-2H3,(H,17,18). The topological polar surface area (TPSA) is 60.9 Å². The number of hydrogen-bond donors (Lipinski definition) is 1. The van der Waals surface area contributed by atoms with Crippen molar-refractivity contribution in [2.75, 3.05) is 30.4 Å². The van der Waals surface area contributed by atoms with Crippen LogP contribution in [0.5, 0.6) is 0 Å². The first-order valence-corrected chi connectivity index (χ1v) is 5.82. The highest BCUT2D eigenvalue weighted by Gasteiger charge is 2.37. The van der Waals surface area contributed by atoms with Crippen molar-refractivity contribution in [3.05, 3.63) is 24.3 Å². The van der Waals surface area contributed by atoms with Crippen molar-refractivity contribution < 1.29 is 14.7 Å². The number of carbonyl (C=O) groups is 2. The zero-order chi connectivity index (χ0) is 13.3. The van der Waals surface area contributed by atoms with Crippen molar-refractivity contribution in [3.63, 3.8) is 0 Å². The van der Waals surface area contributed by atoms with E-state index < -0.39 is 11.9 Å². The molecule has 1 N–H and O–H groups in total. The Kier molecular flexibility index (Phi) is 3.23. The van der Waals surface area contributed by atoms with Crippen molar-refractivity contribution >= 4 is 23.3 Å². The lowest BCUT2D eigenvalue weighted by atomic mass is 10.1. The number of carbonyl (C=O) groups excluding carboxylic acids is 1. The van der Waals surface area contributed by atoms with Gasteiger partial charge in [0.25, 0.3) is 0 Å². The number of carboxylic acids is 1. The van der Waals surface area contributed by atoms with Crippen molar-refractivity contribution in [2.45, 2.75) is 6.42 Å². The molecule has 1 aromatic carbocycles. The Balaban J connectivity index is 2.18. The van der Waals surface area contributed by atoms with Crippen molar-refractivity contribution in [1.29, 1.82) is 0 Å². The number of aliphatic carboxylic acids is 1. The van der Waals surface area contributed by atoms with Gasteiger partial charge >= 0.3 is 5.97 Å². The van der Waals surface area contributed by atoms with Gasteiger partial charge < -0.3 is 14.9 Å². The molecule has 0 aliphatic carbocycles. The Morgan fingerprint density at radius 3 is 2.39 bits per heavy atom. The van der Waals surface area contributed by atoms with Gasteiger partial charge in [-0.05, 0) is 30.7 Å². The Labute approximate surface area is 106 Å². The van der Waals surface area contributed by atoms with Crippen LogP contribution in [0.25, 0.3) is 0 Å². The van der Waals surface area contributed by atoms with Gasteiger partial charge in [0.2, 0.25) is 5.91 Å². The van der Waals surface area contributed by atoms with E-state index in [1.165, 1.54) is 4.90 Å². The maximum absolute atomic E-state index is 11.9. The molecule has 0 radical (unpaired) electrons. The fraction of sp³-hybridized carbons (Fsp3) is 0.385. The molecule has 1 aliphatic rings. The first-order valence-electron chi connectivity index (χ1n) is 5.82. The molecular formula is C13H16N2O3. The van der Waals surface area contributed by atoms with Crippen molar-refractivity contribution in [1.82, 2.24) is 0 Å². The van der Waals surface area contributed by atoms with Crippen LogP contribution in [0, 0.1) is 5.92 Å². The second-order valence-electron chi connectivity index (χ2n) is 4.58. The van der Waals surface area contributed by atoms with Crippen molar-refractivity contribution in [2.24, 2.45) is 5.92 Å². The van der Waals surface area contributed by atoms with E-state index in [0.717, 1.165) is 11.4 Å². The van der Waals surface area contributed by atoms with E-state index in [1.807, 2.05) is 43.3 Å². The molecule has 5 heteroatoms. The maximum Gasteiger partial charge on any atom is 0.316 e. The zero-order valence-electron chi connectivity index (χ0n) is 10.5. The largest absolute Gasteiger partial charge is 0.481 e. The van der Waals surface area contributed by atoms with Gasteiger partial charge in [0.1, 0.15) is 5.92 Å². The Bertz CT molecular complexity index is 468. The molecule has 2 rings (SSSR count). The zero-order valence-corrected chi connectivity index (χ0v) is 10.5. The van der Waals surface area contributed by atoms with Crippen LogP contribution in [-0.2, 0) is 9.59 Å². The molecule has 0 saturated carbocycles. The third kappa shape index (κ3) is 2.16. The van der Waals surface area contributed by atoms with Crippen LogP contribution in [0.3, 0.4) is 0 Å². The third-order valence-corrected chi connectivity index (χ3v) is 3.18. The predicted molar refractivity (Wildman–Crippen MR) is 68.9 cm³/mol. The lowest BCUT2D eigenvalue weighted by Gasteiger charge is -2.18. The molecule has 1 atom stereocenters. The van der Waals surface area contributed by atoms with E-state index in [9.17, 15) is 9.59 Å². The molecule has 1 aliphatic heterocycles. The summed E-state index contributed by atoms with van der Waals surface area (Å²) in [6.45, 7) is 0.469. The summed E-state index contributed by atoms with van der Waals surface area (Å²) in [5.74, 6) is -2.24. The monoisotopic (exact) mass is 248 g/mol. The van der Waals surface area contributed by atoms with Gasteiger partial charge in [0.15, 0.2) is 0 Å². The van der Waals surface area contributed by atoms with Crippen LogP contribution in [0.1, 0.15) is 6.42 Å². The molecule has 5 nitrogen and oxygen atoms in total. The highest BCUT2D eigenvalue weighted by atomic mass is 16.4. The average molecular weight is 248 g/mol.